The zero-order chi connectivity index (χ0) is 12.6. The van der Waals surface area contributed by atoms with Crippen LogP contribution < -0.4 is 0 Å². The summed E-state index contributed by atoms with van der Waals surface area (Å²) in [5, 5.41) is 0. The van der Waals surface area contributed by atoms with E-state index in [1.165, 1.54) is 5.56 Å². The van der Waals surface area contributed by atoms with Gasteiger partial charge < -0.3 is 30.3 Å². The van der Waals surface area contributed by atoms with Gasteiger partial charge in [-0.05, 0) is 5.56 Å². The Labute approximate surface area is 125 Å². The van der Waals surface area contributed by atoms with Crippen molar-refractivity contribution < 1.29 is 17.1 Å². The number of rotatable bonds is 1. The summed E-state index contributed by atoms with van der Waals surface area (Å²) < 4.78 is 0. The van der Waals surface area contributed by atoms with Crippen LogP contribution in [0.2, 0.25) is 0 Å². The molecule has 0 atom stereocenters. The number of hydrogen-bond acceptors (Lipinski definition) is 0. The fourth-order valence-corrected chi connectivity index (χ4v) is 1.74. The maximum atomic E-state index is 5.41. The normalized spacial score (nSPS) is 8.58. The molecular formula is C18H14Fe-6. The molecule has 100 valence electrons. The van der Waals surface area contributed by atoms with Crippen molar-refractivity contribution in [1.82, 2.24) is 0 Å². The van der Waals surface area contributed by atoms with E-state index < -0.39 is 0 Å². The monoisotopic (exact) mass is 286 g/mol. The molecule has 0 bridgehead atoms. The van der Waals surface area contributed by atoms with Gasteiger partial charge in [-0.2, -0.15) is 12.1 Å². The van der Waals surface area contributed by atoms with Crippen molar-refractivity contribution in [2.75, 3.05) is 0 Å². The summed E-state index contributed by atoms with van der Waals surface area (Å²) in [7, 11) is 0. The third kappa shape index (κ3) is 4.30. The molecule has 1 heteroatoms. The van der Waals surface area contributed by atoms with Gasteiger partial charge in [0.1, 0.15) is 0 Å². The molecule has 0 fully saturated rings. The topological polar surface area (TPSA) is 0 Å². The predicted octanol–water partition coefficient (Wildman–Crippen LogP) is 4.46. The number of hydrogen-bond donors (Lipinski definition) is 0. The minimum Gasteiger partial charge on any atom is -0.748 e. The van der Waals surface area contributed by atoms with Gasteiger partial charge in [0.05, 0.1) is 0 Å². The molecule has 0 aromatic heterocycles. The van der Waals surface area contributed by atoms with Crippen LogP contribution in [0.5, 0.6) is 0 Å². The maximum Gasteiger partial charge on any atom is 0 e. The molecule has 0 nitrogen and oxygen atoms in total. The summed E-state index contributed by atoms with van der Waals surface area (Å²) in [6.07, 6.45) is 5.41. The van der Waals surface area contributed by atoms with Crippen LogP contribution in [0.25, 0.3) is 11.1 Å². The average molecular weight is 286 g/mol. The molecule has 0 unspecified atom stereocenters. The molecule has 0 aliphatic heterocycles. The molecule has 3 rings (SSSR count). The first kappa shape index (κ1) is 15.1. The first-order valence-electron chi connectivity index (χ1n) is 5.86. The molecular weight excluding hydrogens is 272 g/mol. The van der Waals surface area contributed by atoms with Gasteiger partial charge in [-0.3, -0.25) is 0 Å². The molecule has 19 heavy (non-hydrogen) atoms. The summed E-state index contributed by atoms with van der Waals surface area (Å²) in [5.41, 5.74) is 3.28. The molecule has 3 aromatic rings. The summed E-state index contributed by atoms with van der Waals surface area (Å²) >= 11 is 0. The molecule has 0 radical (unpaired) electrons. The Morgan fingerprint density at radius 2 is 1.37 bits per heavy atom. The summed E-state index contributed by atoms with van der Waals surface area (Å²) in [6.45, 7) is 0. The molecule has 3 aromatic carbocycles. The van der Waals surface area contributed by atoms with Gasteiger partial charge in [0, 0.05) is 17.1 Å². The van der Waals surface area contributed by atoms with E-state index in [-0.39, 0.29) is 17.1 Å². The third-order valence-corrected chi connectivity index (χ3v) is 2.61. The molecule has 0 aliphatic rings. The van der Waals surface area contributed by atoms with Gasteiger partial charge in [0.25, 0.3) is 0 Å². The summed E-state index contributed by atoms with van der Waals surface area (Å²) in [5.74, 6) is 2.68. The SMILES string of the molecule is C#Cc1ccccc1-[c-]1cccc1.[Fe].[cH-]1[cH-][cH-][cH-][cH-]1. The van der Waals surface area contributed by atoms with Crippen molar-refractivity contribution in [3.05, 3.63) is 84.4 Å². The second-order valence-electron chi connectivity index (χ2n) is 3.83. The van der Waals surface area contributed by atoms with Crippen LogP contribution in [-0.2, 0) is 17.1 Å². The van der Waals surface area contributed by atoms with Gasteiger partial charge in [0.15, 0.2) is 0 Å². The van der Waals surface area contributed by atoms with E-state index in [2.05, 4.69) is 18.1 Å². The van der Waals surface area contributed by atoms with Crippen molar-refractivity contribution in [3.8, 4) is 23.5 Å². The van der Waals surface area contributed by atoms with Gasteiger partial charge >= 0.3 is 0 Å². The van der Waals surface area contributed by atoms with E-state index in [4.69, 9.17) is 6.42 Å². The summed E-state index contributed by atoms with van der Waals surface area (Å²) in [4.78, 5) is 0. The molecule has 0 saturated carbocycles. The molecule has 0 amide bonds. The fraction of sp³-hybridized carbons (Fsp3) is 0. The van der Waals surface area contributed by atoms with E-state index in [9.17, 15) is 0 Å². The fourth-order valence-electron chi connectivity index (χ4n) is 1.74. The van der Waals surface area contributed by atoms with Crippen LogP contribution >= 0.6 is 0 Å². The van der Waals surface area contributed by atoms with E-state index in [0.29, 0.717) is 0 Å². The largest absolute Gasteiger partial charge is 0.748 e. The second-order valence-corrected chi connectivity index (χ2v) is 3.83. The number of terminal acetylenes is 1. The van der Waals surface area contributed by atoms with Crippen LogP contribution in [0.15, 0.2) is 78.9 Å². The third-order valence-electron chi connectivity index (χ3n) is 2.61. The predicted molar refractivity (Wildman–Crippen MR) is 77.4 cm³/mol. The van der Waals surface area contributed by atoms with Crippen molar-refractivity contribution in [3.63, 3.8) is 0 Å². The van der Waals surface area contributed by atoms with Gasteiger partial charge in [-0.1, -0.05) is 23.8 Å². The van der Waals surface area contributed by atoms with Crippen molar-refractivity contribution in [2.45, 2.75) is 0 Å². The molecule has 0 saturated heterocycles. The van der Waals surface area contributed by atoms with Crippen LogP contribution in [-0.4, -0.2) is 0 Å². The maximum absolute atomic E-state index is 5.41. The average Bonchev–Trinajstić information content (AvgIpc) is 3.14. The van der Waals surface area contributed by atoms with Gasteiger partial charge in [-0.25, -0.2) is 0 Å². The molecule has 0 heterocycles. The Morgan fingerprint density at radius 3 is 1.89 bits per heavy atom. The van der Waals surface area contributed by atoms with E-state index in [1.807, 2.05) is 66.7 Å². The Bertz CT molecular complexity index is 578. The standard InChI is InChI=1S/C13H9.C5H5.Fe/c1-2-11-7-5-6-10-13(11)12-8-3-4-9-12;1-2-4-5-3-1;/h1,3-10H;1-5H;/q-1;-5;. The Morgan fingerprint density at radius 1 is 0.842 bits per heavy atom. The smallest absolute Gasteiger partial charge is 0 e. The molecule has 0 aliphatic carbocycles. The Hall–Kier alpha value is -2.00. The van der Waals surface area contributed by atoms with Gasteiger partial charge in [0.2, 0.25) is 0 Å². The van der Waals surface area contributed by atoms with Crippen molar-refractivity contribution in [1.29, 1.82) is 0 Å². The second kappa shape index (κ2) is 8.16. The van der Waals surface area contributed by atoms with E-state index in [1.54, 1.807) is 0 Å². The van der Waals surface area contributed by atoms with Crippen LogP contribution in [0.3, 0.4) is 0 Å². The Kier molecular flexibility index (Phi) is 6.47. The van der Waals surface area contributed by atoms with Crippen LogP contribution in [0, 0.1) is 12.3 Å². The summed E-state index contributed by atoms with van der Waals surface area (Å²) in [6, 6.07) is 26.1. The van der Waals surface area contributed by atoms with Crippen LogP contribution in [0.1, 0.15) is 5.56 Å². The zero-order valence-corrected chi connectivity index (χ0v) is 11.5. The molecule has 0 N–H and O–H groups in total. The van der Waals surface area contributed by atoms with Crippen molar-refractivity contribution >= 4 is 0 Å². The van der Waals surface area contributed by atoms with E-state index in [0.717, 1.165) is 11.1 Å². The Balaban J connectivity index is 0.000000256. The first-order chi connectivity index (χ1) is 8.92. The first-order valence-corrected chi connectivity index (χ1v) is 5.86. The van der Waals surface area contributed by atoms with Crippen molar-refractivity contribution in [2.24, 2.45) is 0 Å². The number of benzene rings is 1. The minimum atomic E-state index is 0. The molecule has 0 spiro atoms. The minimum absolute atomic E-state index is 0. The quantitative estimate of drug-likeness (QED) is 0.352. The van der Waals surface area contributed by atoms with Crippen LogP contribution in [0.4, 0.5) is 0 Å². The van der Waals surface area contributed by atoms with E-state index >= 15 is 0 Å². The van der Waals surface area contributed by atoms with Gasteiger partial charge in [-0.15, -0.1) is 36.1 Å². The zero-order valence-electron chi connectivity index (χ0n) is 10.4.